The van der Waals surface area contributed by atoms with Gasteiger partial charge in [0.2, 0.25) is 0 Å². The summed E-state index contributed by atoms with van der Waals surface area (Å²) in [6, 6.07) is 0.0473. The van der Waals surface area contributed by atoms with Crippen molar-refractivity contribution in [3.05, 3.63) is 0 Å². The molecule has 1 aliphatic heterocycles. The average molecular weight is 242 g/mol. The molecule has 0 radical (unpaired) electrons. The number of amides is 2. The number of likely N-dealkylation sites (N-methyl/N-ethyl adjacent to an activating group) is 1. The Hall–Kier alpha value is -1.26. The van der Waals surface area contributed by atoms with Crippen LogP contribution in [0.3, 0.4) is 0 Å². The fourth-order valence-electron chi connectivity index (χ4n) is 2.26. The van der Waals surface area contributed by atoms with Crippen molar-refractivity contribution in [1.82, 2.24) is 9.80 Å². The average Bonchev–Trinajstić information content (AvgIpc) is 2.64. The van der Waals surface area contributed by atoms with E-state index in [-0.39, 0.29) is 12.1 Å². The van der Waals surface area contributed by atoms with E-state index in [9.17, 15) is 14.7 Å². The molecule has 1 aliphatic rings. The lowest BCUT2D eigenvalue weighted by atomic mass is 10.0. The van der Waals surface area contributed by atoms with Crippen molar-refractivity contribution in [3.63, 3.8) is 0 Å². The summed E-state index contributed by atoms with van der Waals surface area (Å²) in [4.78, 5) is 26.7. The van der Waals surface area contributed by atoms with E-state index in [4.69, 9.17) is 0 Å². The van der Waals surface area contributed by atoms with E-state index in [0.717, 1.165) is 19.4 Å². The Morgan fingerprint density at radius 2 is 2.06 bits per heavy atom. The SMILES string of the molecule is CCN(C(=O)N1CCCC1C)C(C)(C)C(=O)O. The molecule has 1 atom stereocenters. The molecule has 2 amide bonds. The third-order valence-corrected chi connectivity index (χ3v) is 3.54. The van der Waals surface area contributed by atoms with Gasteiger partial charge in [-0.2, -0.15) is 0 Å². The normalized spacial score (nSPS) is 20.5. The van der Waals surface area contributed by atoms with Crippen LogP contribution in [0, 0.1) is 0 Å². The molecule has 0 saturated carbocycles. The van der Waals surface area contributed by atoms with Gasteiger partial charge in [-0.15, -0.1) is 0 Å². The first-order valence-electron chi connectivity index (χ1n) is 6.14. The van der Waals surface area contributed by atoms with Crippen LogP contribution >= 0.6 is 0 Å². The number of carboxylic acids is 1. The highest BCUT2D eigenvalue weighted by Gasteiger charge is 2.40. The summed E-state index contributed by atoms with van der Waals surface area (Å²) in [7, 11) is 0. The largest absolute Gasteiger partial charge is 0.480 e. The first-order valence-corrected chi connectivity index (χ1v) is 6.14. The van der Waals surface area contributed by atoms with Crippen LogP contribution in [-0.4, -0.2) is 51.6 Å². The molecule has 0 aromatic rings. The van der Waals surface area contributed by atoms with Gasteiger partial charge in [-0.05, 0) is 40.5 Å². The lowest BCUT2D eigenvalue weighted by Crippen LogP contribution is -2.57. The monoisotopic (exact) mass is 242 g/mol. The Morgan fingerprint density at radius 1 is 1.47 bits per heavy atom. The molecule has 17 heavy (non-hydrogen) atoms. The second-order valence-electron chi connectivity index (χ2n) is 5.08. The van der Waals surface area contributed by atoms with Crippen LogP contribution in [0.15, 0.2) is 0 Å². The molecule has 1 unspecified atom stereocenters. The zero-order valence-corrected chi connectivity index (χ0v) is 11.1. The third kappa shape index (κ3) is 2.53. The van der Waals surface area contributed by atoms with E-state index in [1.165, 1.54) is 4.90 Å². The van der Waals surface area contributed by atoms with E-state index in [1.54, 1.807) is 18.7 Å². The highest BCUT2D eigenvalue weighted by molar-refractivity contribution is 5.85. The molecule has 1 rings (SSSR count). The van der Waals surface area contributed by atoms with Crippen molar-refractivity contribution in [2.45, 2.75) is 52.1 Å². The topological polar surface area (TPSA) is 60.9 Å². The zero-order chi connectivity index (χ0) is 13.2. The standard InChI is InChI=1S/C12H22N2O3/c1-5-14(12(3,4)10(15)16)11(17)13-8-6-7-9(13)2/h9H,5-8H2,1-4H3,(H,15,16). The number of nitrogens with zero attached hydrogens (tertiary/aromatic N) is 2. The number of urea groups is 1. The molecule has 5 nitrogen and oxygen atoms in total. The van der Waals surface area contributed by atoms with Crippen molar-refractivity contribution >= 4 is 12.0 Å². The number of likely N-dealkylation sites (tertiary alicyclic amines) is 1. The Bertz CT molecular complexity index is 315. The van der Waals surface area contributed by atoms with E-state index < -0.39 is 11.5 Å². The van der Waals surface area contributed by atoms with Crippen LogP contribution in [0.1, 0.15) is 40.5 Å². The molecule has 1 heterocycles. The first-order chi connectivity index (χ1) is 7.82. The predicted molar refractivity (Wildman–Crippen MR) is 64.9 cm³/mol. The van der Waals surface area contributed by atoms with Gasteiger partial charge < -0.3 is 14.9 Å². The van der Waals surface area contributed by atoms with Crippen molar-refractivity contribution in [1.29, 1.82) is 0 Å². The molecule has 1 saturated heterocycles. The van der Waals surface area contributed by atoms with Crippen LogP contribution in [0.4, 0.5) is 4.79 Å². The molecule has 5 heteroatoms. The Kier molecular flexibility index (Phi) is 4.01. The van der Waals surface area contributed by atoms with Gasteiger partial charge >= 0.3 is 12.0 Å². The number of carbonyl (C=O) groups is 2. The minimum Gasteiger partial charge on any atom is -0.480 e. The van der Waals surface area contributed by atoms with Crippen molar-refractivity contribution in [3.8, 4) is 0 Å². The number of carboxylic acid groups (broad SMARTS) is 1. The van der Waals surface area contributed by atoms with Crippen LogP contribution in [0.5, 0.6) is 0 Å². The maximum Gasteiger partial charge on any atom is 0.329 e. The summed E-state index contributed by atoms with van der Waals surface area (Å²) in [5.74, 6) is -0.973. The number of rotatable bonds is 3. The number of hydrogen-bond donors (Lipinski definition) is 1. The number of carbonyl (C=O) groups excluding carboxylic acids is 1. The molecule has 0 aromatic carbocycles. The van der Waals surface area contributed by atoms with Gasteiger partial charge in [-0.1, -0.05) is 0 Å². The molecular formula is C12H22N2O3. The maximum absolute atomic E-state index is 12.3. The zero-order valence-electron chi connectivity index (χ0n) is 11.1. The second-order valence-corrected chi connectivity index (χ2v) is 5.08. The summed E-state index contributed by atoms with van der Waals surface area (Å²) >= 11 is 0. The Balaban J connectivity index is 2.87. The van der Waals surface area contributed by atoms with Gasteiger partial charge in [0.1, 0.15) is 5.54 Å². The fourth-order valence-corrected chi connectivity index (χ4v) is 2.26. The van der Waals surface area contributed by atoms with E-state index in [1.807, 2.05) is 13.8 Å². The van der Waals surface area contributed by atoms with Crippen molar-refractivity contribution in [2.24, 2.45) is 0 Å². The maximum atomic E-state index is 12.3. The Labute approximate surface area is 102 Å². The highest BCUT2D eigenvalue weighted by atomic mass is 16.4. The van der Waals surface area contributed by atoms with Gasteiger partial charge in [0.25, 0.3) is 0 Å². The molecule has 1 fully saturated rings. The van der Waals surface area contributed by atoms with Gasteiger partial charge in [0.15, 0.2) is 0 Å². The van der Waals surface area contributed by atoms with Crippen molar-refractivity contribution < 1.29 is 14.7 Å². The smallest absolute Gasteiger partial charge is 0.329 e. The van der Waals surface area contributed by atoms with Crippen LogP contribution in [0.2, 0.25) is 0 Å². The summed E-state index contributed by atoms with van der Waals surface area (Å²) in [5, 5.41) is 9.19. The van der Waals surface area contributed by atoms with E-state index in [2.05, 4.69) is 0 Å². The Morgan fingerprint density at radius 3 is 2.41 bits per heavy atom. The lowest BCUT2D eigenvalue weighted by molar-refractivity contribution is -0.147. The molecule has 1 N–H and O–H groups in total. The fraction of sp³-hybridized carbons (Fsp3) is 0.833. The van der Waals surface area contributed by atoms with Gasteiger partial charge in [-0.25, -0.2) is 9.59 Å². The summed E-state index contributed by atoms with van der Waals surface area (Å²) in [6.07, 6.45) is 1.99. The molecule has 0 bridgehead atoms. The van der Waals surface area contributed by atoms with E-state index in [0.29, 0.717) is 6.54 Å². The third-order valence-electron chi connectivity index (χ3n) is 3.54. The van der Waals surface area contributed by atoms with Gasteiger partial charge in [0, 0.05) is 19.1 Å². The minimum absolute atomic E-state index is 0.162. The van der Waals surface area contributed by atoms with Crippen molar-refractivity contribution in [2.75, 3.05) is 13.1 Å². The summed E-state index contributed by atoms with van der Waals surface area (Å²) in [5.41, 5.74) is -1.16. The van der Waals surface area contributed by atoms with Crippen LogP contribution < -0.4 is 0 Å². The quantitative estimate of drug-likeness (QED) is 0.820. The molecule has 0 spiro atoms. The number of aliphatic carboxylic acids is 1. The van der Waals surface area contributed by atoms with Crippen LogP contribution in [0.25, 0.3) is 0 Å². The van der Waals surface area contributed by atoms with E-state index >= 15 is 0 Å². The van der Waals surface area contributed by atoms with Crippen LogP contribution in [-0.2, 0) is 4.79 Å². The lowest BCUT2D eigenvalue weighted by Gasteiger charge is -2.38. The minimum atomic E-state index is -1.16. The molecule has 0 aliphatic carbocycles. The molecular weight excluding hydrogens is 220 g/mol. The molecule has 98 valence electrons. The second kappa shape index (κ2) is 4.94. The number of hydrogen-bond acceptors (Lipinski definition) is 2. The van der Waals surface area contributed by atoms with Gasteiger partial charge in [0.05, 0.1) is 0 Å². The summed E-state index contributed by atoms with van der Waals surface area (Å²) < 4.78 is 0. The molecule has 0 aromatic heterocycles. The van der Waals surface area contributed by atoms with Gasteiger partial charge in [-0.3, -0.25) is 0 Å². The first kappa shape index (κ1) is 13.8. The highest BCUT2D eigenvalue weighted by Crippen LogP contribution is 2.23. The summed E-state index contributed by atoms with van der Waals surface area (Å²) in [6.45, 7) is 8.08. The predicted octanol–water partition coefficient (Wildman–Crippen LogP) is 1.78.